The first kappa shape index (κ1) is 80.6. The van der Waals surface area contributed by atoms with Crippen LogP contribution in [0.25, 0.3) is 22.3 Å². The predicted molar refractivity (Wildman–Crippen MR) is 523 cm³/mol. The van der Waals surface area contributed by atoms with Crippen molar-refractivity contribution in [3.63, 3.8) is 0 Å². The van der Waals surface area contributed by atoms with Crippen LogP contribution in [0.4, 0.5) is 0 Å². The molecular weight excluding hydrogens is 1490 g/mol. The molecule has 5 heteroatoms. The van der Waals surface area contributed by atoms with Crippen molar-refractivity contribution in [3.05, 3.63) is 404 Å². The average Bonchev–Trinajstić information content (AvgIpc) is 0.706. The van der Waals surface area contributed by atoms with Crippen LogP contribution in [-0.4, -0.2) is 13.4 Å². The highest BCUT2D eigenvalue weighted by Crippen LogP contribution is 2.68. The smallest absolute Gasteiger partial charge is 0.242 e. The van der Waals surface area contributed by atoms with Gasteiger partial charge < -0.3 is 4.57 Å². The van der Waals surface area contributed by atoms with Gasteiger partial charge in [0.1, 0.15) is 0 Å². The maximum absolute atomic E-state index is 15.2. The first-order valence-corrected chi connectivity index (χ1v) is 48.1. The summed E-state index contributed by atoms with van der Waals surface area (Å²) in [5.74, 6) is 3.12. The van der Waals surface area contributed by atoms with Crippen molar-refractivity contribution in [2.24, 2.45) is 23.7 Å². The second kappa shape index (κ2) is 32.3. The Bertz CT molecular complexity index is 5930. The Morgan fingerprint density at radius 2 is 0.504 bits per heavy atom. The molecule has 0 aliphatic heterocycles. The molecule has 8 aliphatic rings. The molecular formula is C116H116B2OP2. The number of rotatable bonds is 18. The summed E-state index contributed by atoms with van der Waals surface area (Å²) in [6.07, 6.45) is 15.8. The summed E-state index contributed by atoms with van der Waals surface area (Å²) < 4.78 is 15.2. The molecule has 0 spiro atoms. The highest BCUT2D eigenvalue weighted by molar-refractivity contribution is 7.85. The minimum atomic E-state index is -3.01. The molecule has 121 heavy (non-hydrogen) atoms. The second-order valence-electron chi connectivity index (χ2n) is 38.9. The molecule has 14 aromatic rings. The van der Waals surface area contributed by atoms with Gasteiger partial charge in [0, 0.05) is 15.9 Å². The highest BCUT2D eigenvalue weighted by atomic mass is 31.2. The zero-order valence-electron chi connectivity index (χ0n) is 73.3. The van der Waals surface area contributed by atoms with Gasteiger partial charge in [0.05, 0.1) is 0 Å². The van der Waals surface area contributed by atoms with Gasteiger partial charge in [-0.3, -0.25) is 0 Å². The van der Waals surface area contributed by atoms with Crippen LogP contribution < -0.4 is 64.6 Å². The first-order chi connectivity index (χ1) is 58.5. The molecule has 0 amide bonds. The largest absolute Gasteiger partial charge is 0.309 e. The fourth-order valence-corrected chi connectivity index (χ4v) is 31.5. The van der Waals surface area contributed by atoms with Crippen molar-refractivity contribution in [3.8, 4) is 22.3 Å². The normalized spacial score (nSPS) is 21.7. The van der Waals surface area contributed by atoms with Gasteiger partial charge in [-0.05, 0) is 274 Å². The summed E-state index contributed by atoms with van der Waals surface area (Å²) in [4.78, 5) is 0. The lowest BCUT2D eigenvalue weighted by molar-refractivity contribution is -0.0282. The number of aryl methyl sites for hydroxylation is 12. The molecule has 22 rings (SSSR count). The predicted octanol–water partition coefficient (Wildman–Crippen LogP) is 22.4. The van der Waals surface area contributed by atoms with Crippen LogP contribution in [0.2, 0.25) is 0 Å². The summed E-state index contributed by atoms with van der Waals surface area (Å²) in [5, 5.41) is 7.00. The Morgan fingerprint density at radius 1 is 0.256 bits per heavy atom. The molecule has 0 saturated heterocycles. The van der Waals surface area contributed by atoms with Crippen molar-refractivity contribution in [2.45, 2.75) is 182 Å². The first-order valence-electron chi connectivity index (χ1n) is 45.1. The lowest BCUT2D eigenvalue weighted by atomic mass is 9.34. The summed E-state index contributed by atoms with van der Waals surface area (Å²) in [7, 11) is -3.61. The molecule has 602 valence electrons. The van der Waals surface area contributed by atoms with E-state index in [0.29, 0.717) is 0 Å². The molecule has 1 nitrogen and oxygen atoms in total. The van der Waals surface area contributed by atoms with Crippen LogP contribution in [0.5, 0.6) is 0 Å². The summed E-state index contributed by atoms with van der Waals surface area (Å²) in [5.41, 5.74) is 36.9. The fraction of sp³-hybridized carbons (Fsp3) is 0.276. The van der Waals surface area contributed by atoms with Gasteiger partial charge in [-0.25, -0.2) is 0 Å². The summed E-state index contributed by atoms with van der Waals surface area (Å²) in [6.45, 7) is 27.6. The maximum Gasteiger partial charge on any atom is 0.242 e. The molecule has 8 fully saturated rings. The summed E-state index contributed by atoms with van der Waals surface area (Å²) >= 11 is 0. The highest BCUT2D eigenvalue weighted by Gasteiger charge is 2.60. The van der Waals surface area contributed by atoms with Gasteiger partial charge in [0.15, 0.2) is 7.14 Å². The third kappa shape index (κ3) is 15.0. The molecule has 8 bridgehead atoms. The van der Waals surface area contributed by atoms with E-state index in [0.717, 1.165) is 39.6 Å². The van der Waals surface area contributed by atoms with E-state index < -0.39 is 15.1 Å². The van der Waals surface area contributed by atoms with E-state index in [1.807, 2.05) is 60.7 Å². The van der Waals surface area contributed by atoms with E-state index in [9.17, 15) is 0 Å². The van der Waals surface area contributed by atoms with Gasteiger partial charge in [0.25, 0.3) is 0 Å². The minimum Gasteiger partial charge on any atom is -0.309 e. The van der Waals surface area contributed by atoms with E-state index in [1.54, 1.807) is 11.1 Å². The van der Waals surface area contributed by atoms with Crippen LogP contribution >= 0.6 is 15.1 Å². The van der Waals surface area contributed by atoms with Crippen LogP contribution in [0, 0.1) is 107 Å². The third-order valence-electron chi connectivity index (χ3n) is 30.2. The van der Waals surface area contributed by atoms with Gasteiger partial charge in [0.2, 0.25) is 13.4 Å². The van der Waals surface area contributed by atoms with E-state index in [2.05, 4.69) is 338 Å². The van der Waals surface area contributed by atoms with Gasteiger partial charge in [-0.2, -0.15) is 0 Å². The van der Waals surface area contributed by atoms with E-state index >= 15 is 4.57 Å². The fourth-order valence-electron chi connectivity index (χ4n) is 26.6. The van der Waals surface area contributed by atoms with Gasteiger partial charge in [-0.15, -0.1) is 0 Å². The second-order valence-corrected chi connectivity index (χ2v) is 43.9. The molecule has 0 aromatic heterocycles. The number of benzene rings is 14. The molecule has 4 atom stereocenters. The van der Waals surface area contributed by atoms with Gasteiger partial charge >= 0.3 is 0 Å². The van der Waals surface area contributed by atoms with Crippen molar-refractivity contribution in [2.75, 3.05) is 0 Å². The third-order valence-corrected chi connectivity index (χ3v) is 35.7. The zero-order chi connectivity index (χ0) is 83.3. The lowest BCUT2D eigenvalue weighted by Gasteiger charge is -2.63. The Balaban J connectivity index is 0.000000160. The quantitative estimate of drug-likeness (QED) is 0.0618. The molecule has 0 heterocycles. The molecule has 8 aliphatic carbocycles. The molecule has 0 N–H and O–H groups in total. The average molecular weight is 1610 g/mol. The van der Waals surface area contributed by atoms with Crippen LogP contribution in [0.1, 0.15) is 166 Å². The van der Waals surface area contributed by atoms with Crippen LogP contribution in [-0.2, 0) is 26.2 Å². The number of hydrogen-bond donors (Lipinski definition) is 0. The van der Waals surface area contributed by atoms with Crippen LogP contribution in [0.3, 0.4) is 0 Å². The monoisotopic (exact) mass is 1610 g/mol. The summed E-state index contributed by atoms with van der Waals surface area (Å²) in [6, 6.07) is 119. The zero-order valence-corrected chi connectivity index (χ0v) is 75.1. The minimum absolute atomic E-state index is 0.154. The standard InChI is InChI=1S/C58H58BOP.C58H58BP/c1-39-28-41(3)55(42(4)29-39)59(56-43(5)30-40(2)31-44(56)6)51-15-13-14-48(33-51)47-20-22-49(23-21-47)57-34-45-32-46(35-57)37-58(36-45,38-57)50-24-26-54(27-25-50)61(60,52-16-9-7-10-17-52)53-18-11-8-12-19-53;1-39-28-41(3)55(42(4)29-39)59(56-43(5)30-40(2)31-44(56)6)51-15-13-14-48(33-51)47-20-22-49(23-21-47)57-34-45-32-46(35-57)37-58(36-45,38-57)50-24-26-54(27-25-50)60(52-16-9-7-10-17-52)53-18-11-8-12-19-53/h7-31,33,45-46H,32,34-38H2,1-6H3;7-31,33,45-46H,32,34-38H2,1-6H3. The molecule has 8 saturated carbocycles. The Hall–Kier alpha value is -10.1. The Kier molecular flexibility index (Phi) is 21.5. The maximum atomic E-state index is 15.2. The van der Waals surface area contributed by atoms with Crippen molar-refractivity contribution < 1.29 is 4.57 Å². The van der Waals surface area contributed by atoms with Gasteiger partial charge in [-0.1, -0.05) is 415 Å². The topological polar surface area (TPSA) is 17.1 Å². The van der Waals surface area contributed by atoms with Crippen LogP contribution in [0.15, 0.2) is 315 Å². The molecule has 4 unspecified atom stereocenters. The number of hydrogen-bond acceptors (Lipinski definition) is 1. The Morgan fingerprint density at radius 3 is 0.793 bits per heavy atom. The van der Waals surface area contributed by atoms with Crippen molar-refractivity contribution >= 4 is 93.1 Å². The molecule has 0 radical (unpaired) electrons. The SMILES string of the molecule is Cc1cc(C)c(B(c2cccc(-c3ccc(C45CC6CC(C4)CC(c4ccc(P(=O)(c7ccccc7)c7ccccc7)cc4)(C6)C5)cc3)c2)c2c(C)cc(C)cc2C)c(C)c1.Cc1cc(C)c(B(c2cccc(-c3ccc(C45CC6CC(C4)CC(c4ccc(P(c7ccccc7)c7ccccc7)cc4)(C6)C5)cc3)c2)c2c(C)cc(C)cc2C)c(C)c1. The van der Waals surface area contributed by atoms with E-state index in [1.165, 1.54) is 226 Å². The van der Waals surface area contributed by atoms with E-state index in [4.69, 9.17) is 0 Å². The molecule has 14 aromatic carbocycles. The van der Waals surface area contributed by atoms with Crippen molar-refractivity contribution in [1.29, 1.82) is 0 Å². The van der Waals surface area contributed by atoms with E-state index in [-0.39, 0.29) is 35.1 Å². The Labute approximate surface area is 724 Å². The lowest BCUT2D eigenvalue weighted by Crippen LogP contribution is -2.56. The van der Waals surface area contributed by atoms with Crippen molar-refractivity contribution in [1.82, 2.24) is 0 Å².